The number of nitrogens with one attached hydrogen (secondary N) is 2. The molecule has 31 heavy (non-hydrogen) atoms. The predicted octanol–water partition coefficient (Wildman–Crippen LogP) is 1.82. The summed E-state index contributed by atoms with van der Waals surface area (Å²) in [5.74, 6) is 0.944. The minimum Gasteiger partial charge on any atom is -0.494 e. The standard InChI is InChI=1S/C24H42N6O/c25-24(26)22-6-8-23(9-7-22)31-21-5-14-30-19-17-29(18-20-30)13-4-2-1-3-12-28-15-10-27-11-16-28/h6-9,27H,1-5,10-21H2,(H3,25,26). The van der Waals surface area contributed by atoms with E-state index in [2.05, 4.69) is 20.0 Å². The number of unbranched alkanes of at least 4 members (excludes halogenated alkanes) is 3. The molecule has 2 aliphatic rings. The second-order valence-corrected chi connectivity index (χ2v) is 8.83. The molecule has 3 rings (SSSR count). The molecular weight excluding hydrogens is 388 g/mol. The van der Waals surface area contributed by atoms with Gasteiger partial charge >= 0.3 is 0 Å². The highest BCUT2D eigenvalue weighted by atomic mass is 16.5. The molecule has 174 valence electrons. The minimum atomic E-state index is 0.0940. The lowest BCUT2D eigenvalue weighted by molar-refractivity contribution is 0.124. The third-order valence-corrected chi connectivity index (χ3v) is 6.43. The molecule has 0 aromatic heterocycles. The van der Waals surface area contributed by atoms with Crippen LogP contribution in [0.3, 0.4) is 0 Å². The van der Waals surface area contributed by atoms with Gasteiger partial charge in [-0.3, -0.25) is 5.41 Å². The van der Waals surface area contributed by atoms with Crippen LogP contribution in [0, 0.1) is 5.41 Å². The lowest BCUT2D eigenvalue weighted by Crippen LogP contribution is -2.46. The number of hydrogen-bond donors (Lipinski definition) is 3. The van der Waals surface area contributed by atoms with Crippen molar-refractivity contribution in [1.29, 1.82) is 5.41 Å². The summed E-state index contributed by atoms with van der Waals surface area (Å²) in [5.41, 5.74) is 6.22. The number of nitrogens with zero attached hydrogens (tertiary/aromatic N) is 3. The van der Waals surface area contributed by atoms with Gasteiger partial charge in [0.15, 0.2) is 0 Å². The molecule has 7 heteroatoms. The van der Waals surface area contributed by atoms with Gasteiger partial charge in [-0.1, -0.05) is 12.8 Å². The maximum absolute atomic E-state index is 7.43. The van der Waals surface area contributed by atoms with Crippen LogP contribution in [0.15, 0.2) is 24.3 Å². The van der Waals surface area contributed by atoms with Crippen molar-refractivity contribution >= 4 is 5.84 Å². The maximum Gasteiger partial charge on any atom is 0.122 e. The first kappa shape index (κ1) is 24.0. The second-order valence-electron chi connectivity index (χ2n) is 8.83. The van der Waals surface area contributed by atoms with Gasteiger partial charge in [0.2, 0.25) is 0 Å². The van der Waals surface area contributed by atoms with Crippen LogP contribution in [0.4, 0.5) is 0 Å². The molecule has 2 aliphatic heterocycles. The van der Waals surface area contributed by atoms with Gasteiger partial charge in [-0.25, -0.2) is 0 Å². The highest BCUT2D eigenvalue weighted by Crippen LogP contribution is 2.12. The lowest BCUT2D eigenvalue weighted by atomic mass is 10.1. The second kappa shape index (κ2) is 13.7. The number of amidine groups is 1. The van der Waals surface area contributed by atoms with Gasteiger partial charge in [-0.2, -0.15) is 0 Å². The van der Waals surface area contributed by atoms with Crippen LogP contribution in [-0.2, 0) is 0 Å². The van der Waals surface area contributed by atoms with Crippen LogP contribution in [0.5, 0.6) is 5.75 Å². The van der Waals surface area contributed by atoms with E-state index in [1.807, 2.05) is 24.3 Å². The van der Waals surface area contributed by atoms with Crippen LogP contribution >= 0.6 is 0 Å². The maximum atomic E-state index is 7.43. The molecule has 2 saturated heterocycles. The van der Waals surface area contributed by atoms with Crippen LogP contribution in [-0.4, -0.2) is 99.1 Å². The Balaban J connectivity index is 1.15. The fraction of sp³-hybridized carbons (Fsp3) is 0.708. The predicted molar refractivity (Wildman–Crippen MR) is 128 cm³/mol. The van der Waals surface area contributed by atoms with E-state index in [1.54, 1.807) is 0 Å². The SMILES string of the molecule is N=C(N)c1ccc(OCCCN2CCN(CCCCCCN3CCNCC3)CC2)cc1. The summed E-state index contributed by atoms with van der Waals surface area (Å²) in [6, 6.07) is 7.45. The van der Waals surface area contributed by atoms with Crippen molar-refractivity contribution in [1.82, 2.24) is 20.0 Å². The highest BCUT2D eigenvalue weighted by molar-refractivity contribution is 5.94. The van der Waals surface area contributed by atoms with E-state index in [1.165, 1.54) is 78.0 Å². The fourth-order valence-corrected chi connectivity index (χ4v) is 4.40. The summed E-state index contributed by atoms with van der Waals surface area (Å²) < 4.78 is 5.82. The molecule has 0 amide bonds. The van der Waals surface area contributed by atoms with E-state index >= 15 is 0 Å². The van der Waals surface area contributed by atoms with E-state index < -0.39 is 0 Å². The van der Waals surface area contributed by atoms with E-state index in [-0.39, 0.29) is 5.84 Å². The van der Waals surface area contributed by atoms with E-state index in [4.69, 9.17) is 15.9 Å². The number of piperazine rings is 2. The Labute approximate surface area is 188 Å². The number of ether oxygens (including phenoxy) is 1. The van der Waals surface area contributed by atoms with Gasteiger partial charge < -0.3 is 30.5 Å². The summed E-state index contributed by atoms with van der Waals surface area (Å²) in [5, 5.41) is 10.8. The first-order valence-electron chi connectivity index (χ1n) is 12.2. The molecule has 1 aromatic carbocycles. The van der Waals surface area contributed by atoms with Gasteiger partial charge in [0, 0.05) is 64.5 Å². The number of nitrogens with two attached hydrogens (primary N) is 1. The molecule has 2 fully saturated rings. The van der Waals surface area contributed by atoms with E-state index in [0.717, 1.165) is 44.0 Å². The van der Waals surface area contributed by atoms with Gasteiger partial charge in [0.1, 0.15) is 11.6 Å². The lowest BCUT2D eigenvalue weighted by Gasteiger charge is -2.34. The summed E-state index contributed by atoms with van der Waals surface area (Å²) in [6.45, 7) is 13.9. The smallest absolute Gasteiger partial charge is 0.122 e. The normalized spacial score (nSPS) is 18.8. The average molecular weight is 431 g/mol. The summed E-state index contributed by atoms with van der Waals surface area (Å²) in [6.07, 6.45) is 6.49. The molecule has 0 atom stereocenters. The zero-order valence-electron chi connectivity index (χ0n) is 19.2. The Morgan fingerprint density at radius 1 is 0.774 bits per heavy atom. The quantitative estimate of drug-likeness (QED) is 0.252. The molecule has 7 nitrogen and oxygen atoms in total. The minimum absolute atomic E-state index is 0.0940. The molecule has 0 aliphatic carbocycles. The number of benzene rings is 1. The van der Waals surface area contributed by atoms with Crippen molar-refractivity contribution in [3.05, 3.63) is 29.8 Å². The van der Waals surface area contributed by atoms with Gasteiger partial charge in [0.05, 0.1) is 6.61 Å². The third-order valence-electron chi connectivity index (χ3n) is 6.43. The molecule has 0 bridgehead atoms. The number of nitrogen functional groups attached to an aromatic ring is 1. The average Bonchev–Trinajstić information content (AvgIpc) is 2.81. The summed E-state index contributed by atoms with van der Waals surface area (Å²) in [7, 11) is 0. The first-order chi connectivity index (χ1) is 15.2. The largest absolute Gasteiger partial charge is 0.494 e. The monoisotopic (exact) mass is 430 g/mol. The van der Waals surface area contributed by atoms with E-state index in [0.29, 0.717) is 0 Å². The Kier molecular flexibility index (Phi) is 10.6. The molecule has 0 spiro atoms. The molecule has 2 heterocycles. The Hall–Kier alpha value is -1.67. The van der Waals surface area contributed by atoms with Crippen molar-refractivity contribution in [3.63, 3.8) is 0 Å². The van der Waals surface area contributed by atoms with Crippen LogP contribution in [0.1, 0.15) is 37.7 Å². The molecule has 0 unspecified atom stereocenters. The van der Waals surface area contributed by atoms with Crippen molar-refractivity contribution in [2.24, 2.45) is 5.73 Å². The Morgan fingerprint density at radius 2 is 1.29 bits per heavy atom. The first-order valence-corrected chi connectivity index (χ1v) is 12.2. The zero-order chi connectivity index (χ0) is 21.7. The molecular formula is C24H42N6O. The highest BCUT2D eigenvalue weighted by Gasteiger charge is 2.16. The van der Waals surface area contributed by atoms with Crippen molar-refractivity contribution < 1.29 is 4.74 Å². The Morgan fingerprint density at radius 3 is 1.84 bits per heavy atom. The number of rotatable bonds is 13. The van der Waals surface area contributed by atoms with Crippen molar-refractivity contribution in [2.75, 3.05) is 78.6 Å². The molecule has 0 saturated carbocycles. The molecule has 4 N–H and O–H groups in total. The van der Waals surface area contributed by atoms with Crippen molar-refractivity contribution in [2.45, 2.75) is 32.1 Å². The van der Waals surface area contributed by atoms with E-state index in [9.17, 15) is 0 Å². The molecule has 1 aromatic rings. The summed E-state index contributed by atoms with van der Waals surface area (Å²) >= 11 is 0. The Bertz CT molecular complexity index is 623. The zero-order valence-corrected chi connectivity index (χ0v) is 19.2. The number of hydrogen-bond acceptors (Lipinski definition) is 6. The third kappa shape index (κ3) is 9.15. The van der Waals surface area contributed by atoms with Crippen LogP contribution in [0.25, 0.3) is 0 Å². The van der Waals surface area contributed by atoms with Crippen LogP contribution in [0.2, 0.25) is 0 Å². The molecule has 0 radical (unpaired) electrons. The van der Waals surface area contributed by atoms with Gasteiger partial charge in [0.25, 0.3) is 0 Å². The summed E-state index contributed by atoms with van der Waals surface area (Å²) in [4.78, 5) is 7.80. The van der Waals surface area contributed by atoms with Gasteiger partial charge in [-0.15, -0.1) is 0 Å². The fourth-order valence-electron chi connectivity index (χ4n) is 4.40. The van der Waals surface area contributed by atoms with Crippen molar-refractivity contribution in [3.8, 4) is 5.75 Å². The van der Waals surface area contributed by atoms with Crippen LogP contribution < -0.4 is 15.8 Å². The van der Waals surface area contributed by atoms with Gasteiger partial charge in [-0.05, 0) is 56.6 Å². The topological polar surface area (TPSA) is 80.9 Å².